The van der Waals surface area contributed by atoms with E-state index in [0.717, 1.165) is 24.1 Å². The van der Waals surface area contributed by atoms with E-state index in [4.69, 9.17) is 0 Å². The number of hydrogen-bond donors (Lipinski definition) is 0. The summed E-state index contributed by atoms with van der Waals surface area (Å²) >= 11 is 0. The van der Waals surface area contributed by atoms with Crippen molar-refractivity contribution >= 4 is 5.71 Å². The maximum absolute atomic E-state index is 4.16. The molecule has 0 saturated carbocycles. The Morgan fingerprint density at radius 3 is 2.50 bits per heavy atom. The second-order valence-electron chi connectivity index (χ2n) is 2.65. The predicted molar refractivity (Wildman–Crippen MR) is 56.5 cm³/mol. The average Bonchev–Trinajstić information content (AvgIpc) is 2.05. The Labute approximate surface area is 75.2 Å². The van der Waals surface area contributed by atoms with E-state index in [9.17, 15) is 0 Å². The third kappa shape index (κ3) is 4.67. The fourth-order valence-electron chi connectivity index (χ4n) is 0.869. The van der Waals surface area contributed by atoms with Gasteiger partial charge >= 0.3 is 0 Å². The number of hydrogen-bond acceptors (Lipinski definition) is 1. The zero-order valence-electron chi connectivity index (χ0n) is 8.01. The first-order valence-corrected chi connectivity index (χ1v) is 4.22. The van der Waals surface area contributed by atoms with Crippen LogP contribution in [0.4, 0.5) is 0 Å². The topological polar surface area (TPSA) is 12.4 Å². The van der Waals surface area contributed by atoms with Gasteiger partial charge in [0, 0.05) is 11.9 Å². The van der Waals surface area contributed by atoms with Crippen molar-refractivity contribution in [3.8, 4) is 0 Å². The molecule has 0 unspecified atom stereocenters. The standard InChI is InChI=1S/C11H17N/c1-5-8-11(12-7-3)9-10(4)6-2/h6-7,9H,2-3,5,8H2,1,4H3/b10-9-,12-11?. The van der Waals surface area contributed by atoms with E-state index in [2.05, 4.69) is 25.1 Å². The summed E-state index contributed by atoms with van der Waals surface area (Å²) in [5.74, 6) is 0. The Bertz CT molecular complexity index is 209. The fraction of sp³-hybridized carbons (Fsp3) is 0.364. The highest BCUT2D eigenvalue weighted by atomic mass is 14.7. The molecule has 0 amide bonds. The molecule has 0 aromatic heterocycles. The highest BCUT2D eigenvalue weighted by molar-refractivity contribution is 5.96. The van der Waals surface area contributed by atoms with E-state index in [-0.39, 0.29) is 0 Å². The van der Waals surface area contributed by atoms with Gasteiger partial charge in [-0.1, -0.05) is 32.6 Å². The van der Waals surface area contributed by atoms with E-state index < -0.39 is 0 Å². The molecule has 0 rings (SSSR count). The molecule has 0 aromatic carbocycles. The van der Waals surface area contributed by atoms with Crippen molar-refractivity contribution in [1.82, 2.24) is 0 Å². The van der Waals surface area contributed by atoms with Crippen molar-refractivity contribution < 1.29 is 0 Å². The van der Waals surface area contributed by atoms with Crippen molar-refractivity contribution in [2.45, 2.75) is 26.7 Å². The second kappa shape index (κ2) is 6.59. The molecule has 0 aliphatic carbocycles. The quantitative estimate of drug-likeness (QED) is 0.434. The Hall–Kier alpha value is -1.11. The molecule has 0 aliphatic rings. The molecule has 0 fully saturated rings. The Morgan fingerprint density at radius 2 is 2.08 bits per heavy atom. The van der Waals surface area contributed by atoms with Crippen LogP contribution in [0.3, 0.4) is 0 Å². The molecule has 0 saturated heterocycles. The van der Waals surface area contributed by atoms with Crippen molar-refractivity contribution in [2.75, 3.05) is 0 Å². The molecular weight excluding hydrogens is 146 g/mol. The smallest absolute Gasteiger partial charge is 0.0405 e. The van der Waals surface area contributed by atoms with Gasteiger partial charge in [-0.15, -0.1) is 0 Å². The van der Waals surface area contributed by atoms with Gasteiger partial charge in [-0.3, -0.25) is 4.99 Å². The molecule has 1 nitrogen and oxygen atoms in total. The van der Waals surface area contributed by atoms with Crippen LogP contribution in [0.2, 0.25) is 0 Å². The third-order valence-electron chi connectivity index (χ3n) is 1.48. The molecule has 0 heterocycles. The van der Waals surface area contributed by atoms with Crippen LogP contribution in [0.25, 0.3) is 0 Å². The van der Waals surface area contributed by atoms with Gasteiger partial charge in [0.05, 0.1) is 0 Å². The molecule has 0 aliphatic heterocycles. The largest absolute Gasteiger partial charge is 0.262 e. The van der Waals surface area contributed by atoms with E-state index in [1.807, 2.05) is 19.1 Å². The molecule has 66 valence electrons. The maximum atomic E-state index is 4.16. The van der Waals surface area contributed by atoms with Crippen molar-refractivity contribution in [3.05, 3.63) is 37.1 Å². The number of allylic oxidation sites excluding steroid dienone is 3. The van der Waals surface area contributed by atoms with Crippen LogP contribution >= 0.6 is 0 Å². The molecular formula is C11H17N. The van der Waals surface area contributed by atoms with Gasteiger partial charge < -0.3 is 0 Å². The van der Waals surface area contributed by atoms with Gasteiger partial charge in [0.25, 0.3) is 0 Å². The molecule has 1 heteroatoms. The first kappa shape index (κ1) is 10.9. The third-order valence-corrected chi connectivity index (χ3v) is 1.48. The fourth-order valence-corrected chi connectivity index (χ4v) is 0.869. The van der Waals surface area contributed by atoms with Gasteiger partial charge in [-0.05, 0) is 25.0 Å². The lowest BCUT2D eigenvalue weighted by Crippen LogP contribution is -1.92. The molecule has 0 aromatic rings. The minimum atomic E-state index is 0.997. The first-order valence-electron chi connectivity index (χ1n) is 4.22. The summed E-state index contributed by atoms with van der Waals surface area (Å²) < 4.78 is 0. The normalized spacial score (nSPS) is 12.8. The minimum absolute atomic E-state index is 0.997. The highest BCUT2D eigenvalue weighted by Gasteiger charge is 1.91. The monoisotopic (exact) mass is 163 g/mol. The van der Waals surface area contributed by atoms with Crippen molar-refractivity contribution in [2.24, 2.45) is 4.99 Å². The Balaban J connectivity index is 4.41. The Kier molecular flexibility index (Phi) is 5.98. The van der Waals surface area contributed by atoms with Gasteiger partial charge in [0.15, 0.2) is 0 Å². The molecule has 12 heavy (non-hydrogen) atoms. The zero-order chi connectivity index (χ0) is 9.40. The van der Waals surface area contributed by atoms with Crippen LogP contribution in [-0.4, -0.2) is 5.71 Å². The number of rotatable bonds is 5. The SMILES string of the molecule is C=CN=C(/C=C(/C)C=C)CCC. The van der Waals surface area contributed by atoms with Gasteiger partial charge in [-0.25, -0.2) is 0 Å². The van der Waals surface area contributed by atoms with E-state index >= 15 is 0 Å². The molecule has 0 spiro atoms. The van der Waals surface area contributed by atoms with Crippen LogP contribution < -0.4 is 0 Å². The van der Waals surface area contributed by atoms with E-state index in [1.165, 1.54) is 0 Å². The van der Waals surface area contributed by atoms with Gasteiger partial charge in [0.1, 0.15) is 0 Å². The zero-order valence-corrected chi connectivity index (χ0v) is 8.01. The van der Waals surface area contributed by atoms with E-state index in [1.54, 1.807) is 6.20 Å². The molecule has 0 bridgehead atoms. The second-order valence-corrected chi connectivity index (χ2v) is 2.65. The summed E-state index contributed by atoms with van der Waals surface area (Å²) in [4.78, 5) is 4.16. The van der Waals surface area contributed by atoms with Gasteiger partial charge in [0.2, 0.25) is 0 Å². The van der Waals surface area contributed by atoms with Crippen LogP contribution in [0.1, 0.15) is 26.7 Å². The lowest BCUT2D eigenvalue weighted by atomic mass is 10.1. The number of nitrogens with zero attached hydrogens (tertiary/aromatic N) is 1. The molecule has 0 radical (unpaired) electrons. The van der Waals surface area contributed by atoms with Gasteiger partial charge in [-0.2, -0.15) is 0 Å². The molecule has 0 atom stereocenters. The summed E-state index contributed by atoms with van der Waals surface area (Å²) in [7, 11) is 0. The molecule has 0 N–H and O–H groups in total. The number of aliphatic imine (C=N–C) groups is 1. The van der Waals surface area contributed by atoms with Crippen LogP contribution in [-0.2, 0) is 0 Å². The van der Waals surface area contributed by atoms with Crippen LogP contribution in [0.5, 0.6) is 0 Å². The summed E-state index contributed by atoms with van der Waals surface area (Å²) in [5.41, 5.74) is 2.22. The van der Waals surface area contributed by atoms with E-state index in [0.29, 0.717) is 0 Å². The van der Waals surface area contributed by atoms with Crippen LogP contribution in [0.15, 0.2) is 42.1 Å². The maximum Gasteiger partial charge on any atom is 0.0405 e. The average molecular weight is 163 g/mol. The minimum Gasteiger partial charge on any atom is -0.262 e. The predicted octanol–water partition coefficient (Wildman–Crippen LogP) is 3.50. The summed E-state index contributed by atoms with van der Waals surface area (Å²) in [6, 6.07) is 0. The highest BCUT2D eigenvalue weighted by Crippen LogP contribution is 2.00. The Morgan fingerprint density at radius 1 is 1.42 bits per heavy atom. The summed E-state index contributed by atoms with van der Waals surface area (Å²) in [6.07, 6.45) is 7.55. The van der Waals surface area contributed by atoms with Crippen LogP contribution in [0, 0.1) is 0 Å². The lowest BCUT2D eigenvalue weighted by Gasteiger charge is -1.97. The van der Waals surface area contributed by atoms with Crippen molar-refractivity contribution in [3.63, 3.8) is 0 Å². The summed E-state index contributed by atoms with van der Waals surface area (Å²) in [6.45, 7) is 11.4. The summed E-state index contributed by atoms with van der Waals surface area (Å²) in [5, 5.41) is 0. The van der Waals surface area contributed by atoms with Crippen molar-refractivity contribution in [1.29, 1.82) is 0 Å². The first-order chi connectivity index (χ1) is 5.74. The lowest BCUT2D eigenvalue weighted by molar-refractivity contribution is 0.995.